The molecule has 0 amide bonds. The Kier molecular flexibility index (Phi) is 14.2. The van der Waals surface area contributed by atoms with Gasteiger partial charge < -0.3 is 4.74 Å². The Bertz CT molecular complexity index is 3330. The third-order valence-electron chi connectivity index (χ3n) is 12.4. The second-order valence-electron chi connectivity index (χ2n) is 16.4. The Hall–Kier alpha value is -7.59. The van der Waals surface area contributed by atoms with Gasteiger partial charge >= 0.3 is 5.97 Å². The van der Waals surface area contributed by atoms with Gasteiger partial charge in [0.25, 0.3) is 11.4 Å². The minimum atomic E-state index is -0.945. The number of carbonyl (C=O) groups is 1. The summed E-state index contributed by atoms with van der Waals surface area (Å²) in [4.78, 5) is 34.7. The molecule has 2 heterocycles. The van der Waals surface area contributed by atoms with Crippen LogP contribution in [0.15, 0.2) is 215 Å². The SMILES string of the molecule is CC(=O)OCc1cc2c(Br)nn(C(c3ccccc3)(c3ccccc3)c3ccccc3)c2cc1[N+](=O)[O-].O=[N+]([O-])c1cc2c(cc1CBr)c(Br)nn2C(c1ccccc1)(c1ccccc1)c1ccccc1. The lowest BCUT2D eigenvalue weighted by molar-refractivity contribution is -0.385. The molecule has 0 aliphatic heterocycles. The normalized spacial score (nSPS) is 11.5. The fourth-order valence-corrected chi connectivity index (χ4v) is 10.8. The molecule has 0 unspecified atom stereocenters. The van der Waals surface area contributed by atoms with Crippen molar-refractivity contribution in [2.75, 3.05) is 0 Å². The number of hydrogen-bond acceptors (Lipinski definition) is 8. The van der Waals surface area contributed by atoms with Crippen LogP contribution in [0.2, 0.25) is 0 Å². The van der Waals surface area contributed by atoms with Crippen molar-refractivity contribution in [2.45, 2.75) is 29.9 Å². The van der Waals surface area contributed by atoms with Crippen LogP contribution in [-0.4, -0.2) is 35.4 Å². The molecule has 71 heavy (non-hydrogen) atoms. The van der Waals surface area contributed by atoms with Crippen LogP contribution >= 0.6 is 47.8 Å². The molecule has 0 radical (unpaired) electrons. The van der Waals surface area contributed by atoms with Crippen LogP contribution in [0, 0.1) is 20.2 Å². The zero-order valence-electron chi connectivity index (χ0n) is 37.8. The number of rotatable bonds is 13. The molecule has 0 bridgehead atoms. The highest BCUT2D eigenvalue weighted by Gasteiger charge is 2.43. The van der Waals surface area contributed by atoms with E-state index in [1.54, 1.807) is 12.1 Å². The quantitative estimate of drug-likeness (QED) is 0.0364. The van der Waals surface area contributed by atoms with Gasteiger partial charge in [0.15, 0.2) is 0 Å². The van der Waals surface area contributed by atoms with Gasteiger partial charge in [-0.05, 0) is 77.4 Å². The fraction of sp³-hybridized carbons (Fsp3) is 0.0893. The Balaban J connectivity index is 0.000000176. The first kappa shape index (κ1) is 48.4. The summed E-state index contributed by atoms with van der Waals surface area (Å²) >= 11 is 10.6. The summed E-state index contributed by atoms with van der Waals surface area (Å²) in [6.45, 7) is 1.06. The molecule has 0 N–H and O–H groups in total. The molecule has 0 aliphatic carbocycles. The van der Waals surface area contributed by atoms with Crippen LogP contribution in [-0.2, 0) is 32.5 Å². The van der Waals surface area contributed by atoms with Gasteiger partial charge in [-0.15, -0.1) is 0 Å². The van der Waals surface area contributed by atoms with Crippen molar-refractivity contribution in [3.63, 3.8) is 0 Å². The molecule has 0 fully saturated rings. The van der Waals surface area contributed by atoms with E-state index >= 15 is 0 Å². The van der Waals surface area contributed by atoms with Gasteiger partial charge in [-0.3, -0.25) is 25.0 Å². The molecular formula is C56H41Br3N6O6. The van der Waals surface area contributed by atoms with E-state index in [2.05, 4.69) is 84.2 Å². The maximum Gasteiger partial charge on any atom is 0.302 e. The first-order valence-electron chi connectivity index (χ1n) is 22.2. The molecule has 0 saturated heterocycles. The predicted molar refractivity (Wildman–Crippen MR) is 285 cm³/mol. The second kappa shape index (κ2) is 20.8. The monoisotopic (exact) mass is 1130 g/mol. The highest BCUT2D eigenvalue weighted by atomic mass is 79.9. The van der Waals surface area contributed by atoms with E-state index in [0.717, 1.165) is 38.8 Å². The smallest absolute Gasteiger partial charge is 0.302 e. The van der Waals surface area contributed by atoms with Crippen molar-refractivity contribution in [1.82, 2.24) is 19.6 Å². The number of aromatic nitrogens is 4. The first-order chi connectivity index (χ1) is 34.5. The first-order valence-corrected chi connectivity index (χ1v) is 24.9. The van der Waals surface area contributed by atoms with Gasteiger partial charge in [0.1, 0.15) is 26.9 Å². The average molecular weight is 1130 g/mol. The molecule has 352 valence electrons. The van der Waals surface area contributed by atoms with Crippen LogP contribution in [0.5, 0.6) is 0 Å². The minimum absolute atomic E-state index is 0.0566. The Morgan fingerprint density at radius 3 is 1.06 bits per heavy atom. The van der Waals surface area contributed by atoms with Crippen LogP contribution in [0.4, 0.5) is 11.4 Å². The van der Waals surface area contributed by atoms with Crippen LogP contribution in [0.3, 0.4) is 0 Å². The molecule has 0 atom stereocenters. The Morgan fingerprint density at radius 1 is 0.507 bits per heavy atom. The Labute approximate surface area is 433 Å². The van der Waals surface area contributed by atoms with Crippen LogP contribution in [0.1, 0.15) is 51.4 Å². The molecule has 10 rings (SSSR count). The lowest BCUT2D eigenvalue weighted by Gasteiger charge is -2.37. The van der Waals surface area contributed by atoms with Gasteiger partial charge in [0, 0.05) is 40.7 Å². The summed E-state index contributed by atoms with van der Waals surface area (Å²) in [5.74, 6) is -0.514. The van der Waals surface area contributed by atoms with Gasteiger partial charge in [-0.1, -0.05) is 198 Å². The summed E-state index contributed by atoms with van der Waals surface area (Å²) in [7, 11) is 0. The molecule has 0 saturated carbocycles. The van der Waals surface area contributed by atoms with Crippen molar-refractivity contribution in [3.05, 3.63) is 280 Å². The highest BCUT2D eigenvalue weighted by molar-refractivity contribution is 9.11. The summed E-state index contributed by atoms with van der Waals surface area (Å²) in [5.41, 5.74) is 6.03. The number of nitro benzene ring substituents is 2. The Morgan fingerprint density at radius 2 is 0.789 bits per heavy atom. The topological polar surface area (TPSA) is 148 Å². The zero-order valence-corrected chi connectivity index (χ0v) is 42.6. The lowest BCUT2D eigenvalue weighted by Crippen LogP contribution is -2.38. The largest absolute Gasteiger partial charge is 0.461 e. The number of hydrogen-bond donors (Lipinski definition) is 0. The molecule has 15 heteroatoms. The van der Waals surface area contributed by atoms with E-state index in [4.69, 9.17) is 14.9 Å². The second-order valence-corrected chi connectivity index (χ2v) is 18.5. The minimum Gasteiger partial charge on any atom is -0.461 e. The van der Waals surface area contributed by atoms with Gasteiger partial charge in [0.05, 0.1) is 26.4 Å². The number of esters is 1. The number of nitrogens with zero attached hydrogens (tertiary/aromatic N) is 6. The van der Waals surface area contributed by atoms with Crippen molar-refractivity contribution >= 4 is 86.9 Å². The highest BCUT2D eigenvalue weighted by Crippen LogP contribution is 2.46. The number of alkyl halides is 1. The predicted octanol–water partition coefficient (Wildman–Crippen LogP) is 14.1. The summed E-state index contributed by atoms with van der Waals surface area (Å²) in [6.07, 6.45) is 0. The number of nitro groups is 2. The van der Waals surface area contributed by atoms with E-state index in [1.165, 1.54) is 13.0 Å². The summed E-state index contributed by atoms with van der Waals surface area (Å²) in [6, 6.07) is 66.9. The molecule has 0 spiro atoms. The van der Waals surface area contributed by atoms with Crippen molar-refractivity contribution < 1.29 is 19.4 Å². The molecule has 8 aromatic carbocycles. The summed E-state index contributed by atoms with van der Waals surface area (Å²) < 4.78 is 10.0. The average Bonchev–Trinajstić information content (AvgIpc) is 3.91. The van der Waals surface area contributed by atoms with Gasteiger partial charge in [0.2, 0.25) is 0 Å². The number of carbonyl (C=O) groups excluding carboxylic acids is 1. The number of benzene rings is 8. The maximum absolute atomic E-state index is 12.1. The molecule has 0 aliphatic rings. The number of fused-ring (bicyclic) bond motifs is 2. The number of ether oxygens (including phenoxy) is 1. The molecule has 12 nitrogen and oxygen atoms in total. The van der Waals surface area contributed by atoms with E-state index in [0.29, 0.717) is 36.5 Å². The van der Waals surface area contributed by atoms with Crippen LogP contribution in [0.25, 0.3) is 21.8 Å². The summed E-state index contributed by atoms with van der Waals surface area (Å²) in [5, 5.41) is 35.8. The van der Waals surface area contributed by atoms with Crippen molar-refractivity contribution in [2.24, 2.45) is 0 Å². The third kappa shape index (κ3) is 8.96. The van der Waals surface area contributed by atoms with Gasteiger partial charge in [-0.2, -0.15) is 10.2 Å². The van der Waals surface area contributed by atoms with Crippen LogP contribution < -0.4 is 0 Å². The standard InChI is InChI=1S/C29H22BrN3O4.C27H19Br2N3O2/c1-20(34)37-19-21-17-25-27(18-26(21)33(35)36)32(31-28(25)30)29(22-11-5-2-6-12-22,23-13-7-3-8-14-23)24-15-9-4-10-16-24;28-18-19-16-23-25(17-24(19)32(33)34)31(30-26(23)29)27(20-10-4-1-5-11-20,21-12-6-2-7-13-21)22-14-8-3-9-15-22/h2-18H,19H2,1H3;1-17H,18H2. The van der Waals surface area contributed by atoms with E-state index < -0.39 is 22.0 Å². The molecule has 2 aromatic heterocycles. The van der Waals surface area contributed by atoms with Crippen molar-refractivity contribution in [3.8, 4) is 0 Å². The van der Waals surface area contributed by atoms with E-state index in [9.17, 15) is 25.0 Å². The van der Waals surface area contributed by atoms with E-state index in [-0.39, 0.29) is 28.5 Å². The van der Waals surface area contributed by atoms with Gasteiger partial charge in [-0.25, -0.2) is 9.36 Å². The van der Waals surface area contributed by atoms with Crippen molar-refractivity contribution in [1.29, 1.82) is 0 Å². The van der Waals surface area contributed by atoms with E-state index in [1.807, 2.05) is 161 Å². The zero-order chi connectivity index (χ0) is 49.7. The lowest BCUT2D eigenvalue weighted by atomic mass is 9.77. The molecule has 10 aromatic rings. The fourth-order valence-electron chi connectivity index (χ4n) is 9.38. The number of halogens is 3. The maximum atomic E-state index is 12.1. The third-order valence-corrected chi connectivity index (χ3v) is 14.2. The molecular weight excluding hydrogens is 1090 g/mol.